The molecule has 6 nitrogen and oxygen atoms in total. The predicted octanol–water partition coefficient (Wildman–Crippen LogP) is 4.63. The molecule has 158 valence electrons. The molecule has 1 aliphatic carbocycles. The van der Waals surface area contributed by atoms with Crippen LogP contribution in [0.5, 0.6) is 5.75 Å². The summed E-state index contributed by atoms with van der Waals surface area (Å²) in [5, 5.41) is 6.96. The number of hydrogen-bond donors (Lipinski definition) is 1. The summed E-state index contributed by atoms with van der Waals surface area (Å²) in [5.74, 6) is -0.870. The van der Waals surface area contributed by atoms with E-state index >= 15 is 0 Å². The van der Waals surface area contributed by atoms with Crippen molar-refractivity contribution < 1.29 is 18.3 Å². The first-order valence-electron chi connectivity index (χ1n) is 9.67. The molecule has 1 aliphatic rings. The largest absolute Gasteiger partial charge is 0.488 e. The maximum atomic E-state index is 13.6. The highest BCUT2D eigenvalue weighted by molar-refractivity contribution is 6.06. The minimum absolute atomic E-state index is 0.0134. The normalized spacial score (nSPS) is 15.8. The van der Waals surface area contributed by atoms with Gasteiger partial charge in [-0.05, 0) is 41.5 Å². The molecule has 0 fully saturated rings. The number of nitrogens with one attached hydrogen (secondary N) is 1. The third-order valence-corrected chi connectivity index (χ3v) is 4.79. The van der Waals surface area contributed by atoms with Gasteiger partial charge in [0.2, 0.25) is 0 Å². The number of aryl methyl sites for hydroxylation is 1. The Labute approximate surface area is 177 Å². The van der Waals surface area contributed by atoms with E-state index in [0.717, 1.165) is 17.2 Å². The van der Waals surface area contributed by atoms with Crippen molar-refractivity contribution in [3.05, 3.63) is 84.2 Å². The molecule has 8 heteroatoms. The van der Waals surface area contributed by atoms with Crippen molar-refractivity contribution in [1.82, 2.24) is 14.8 Å². The number of anilines is 1. The second kappa shape index (κ2) is 8.91. The number of carbonyl (C=O) groups is 1. The van der Waals surface area contributed by atoms with Crippen molar-refractivity contribution in [3.63, 3.8) is 0 Å². The van der Waals surface area contributed by atoms with Crippen LogP contribution in [0.15, 0.2) is 78.7 Å². The van der Waals surface area contributed by atoms with Crippen molar-refractivity contribution in [2.24, 2.45) is 7.05 Å². The van der Waals surface area contributed by atoms with Crippen molar-refractivity contribution >= 4 is 11.6 Å². The molecular formula is C23H20F2N4O2. The molecular weight excluding hydrogens is 402 g/mol. The highest BCUT2D eigenvalue weighted by Gasteiger charge is 2.19. The fourth-order valence-corrected chi connectivity index (χ4v) is 3.17. The van der Waals surface area contributed by atoms with Crippen LogP contribution in [0.1, 0.15) is 16.8 Å². The first-order chi connectivity index (χ1) is 15.0. The summed E-state index contributed by atoms with van der Waals surface area (Å²) >= 11 is 0. The molecule has 4 rings (SSSR count). The smallest absolute Gasteiger partial charge is 0.259 e. The van der Waals surface area contributed by atoms with Crippen LogP contribution in [-0.4, -0.2) is 33.5 Å². The summed E-state index contributed by atoms with van der Waals surface area (Å²) in [6.45, 7) is 0.0134. The second-order valence-corrected chi connectivity index (χ2v) is 7.11. The Bertz CT molecular complexity index is 1160. The van der Waals surface area contributed by atoms with Gasteiger partial charge in [0.15, 0.2) is 6.17 Å². The fraction of sp³-hybridized carbons (Fsp3) is 0.174. The maximum absolute atomic E-state index is 13.6. The number of carbonyl (C=O) groups excluding carboxylic acids is 1. The molecule has 0 aliphatic heterocycles. The number of rotatable bonds is 6. The van der Waals surface area contributed by atoms with Crippen LogP contribution in [0, 0.1) is 0 Å². The lowest BCUT2D eigenvalue weighted by Crippen LogP contribution is -2.15. The van der Waals surface area contributed by atoms with E-state index in [1.165, 1.54) is 6.20 Å². The molecule has 0 bridgehead atoms. The minimum atomic E-state index is -1.61. The fourth-order valence-electron chi connectivity index (χ4n) is 3.17. The van der Waals surface area contributed by atoms with Gasteiger partial charge in [0, 0.05) is 31.4 Å². The molecule has 31 heavy (non-hydrogen) atoms. The molecule has 1 aromatic carbocycles. The Hall–Kier alpha value is -3.81. The Morgan fingerprint density at radius 2 is 2.16 bits per heavy atom. The quantitative estimate of drug-likeness (QED) is 0.629. The lowest BCUT2D eigenvalue weighted by Gasteiger charge is -2.16. The zero-order valence-corrected chi connectivity index (χ0v) is 16.8. The van der Waals surface area contributed by atoms with Crippen LogP contribution in [0.2, 0.25) is 0 Å². The molecule has 2 heterocycles. The molecule has 1 amide bonds. The average molecular weight is 422 g/mol. The third kappa shape index (κ3) is 4.85. The number of aromatic nitrogens is 3. The van der Waals surface area contributed by atoms with Crippen molar-refractivity contribution in [2.45, 2.75) is 12.6 Å². The molecule has 0 spiro atoms. The summed E-state index contributed by atoms with van der Waals surface area (Å²) in [4.78, 5) is 17.0. The number of ether oxygens (including phenoxy) is 1. The monoisotopic (exact) mass is 422 g/mol. The molecule has 1 atom stereocenters. The topological polar surface area (TPSA) is 69.0 Å². The number of hydrogen-bond acceptors (Lipinski definition) is 4. The van der Waals surface area contributed by atoms with Crippen molar-refractivity contribution in [3.8, 4) is 16.9 Å². The maximum Gasteiger partial charge on any atom is 0.259 e. The number of alkyl halides is 1. The van der Waals surface area contributed by atoms with E-state index in [9.17, 15) is 13.6 Å². The van der Waals surface area contributed by atoms with Gasteiger partial charge in [-0.3, -0.25) is 14.5 Å². The van der Waals surface area contributed by atoms with Crippen LogP contribution in [0.4, 0.5) is 14.5 Å². The molecule has 2 aromatic heterocycles. The van der Waals surface area contributed by atoms with Gasteiger partial charge >= 0.3 is 0 Å². The van der Waals surface area contributed by atoms with E-state index in [2.05, 4.69) is 15.4 Å². The number of halogens is 2. The van der Waals surface area contributed by atoms with Gasteiger partial charge < -0.3 is 10.1 Å². The van der Waals surface area contributed by atoms with Crippen LogP contribution < -0.4 is 10.1 Å². The van der Waals surface area contributed by atoms with Gasteiger partial charge in [-0.2, -0.15) is 5.10 Å². The molecule has 0 saturated carbocycles. The summed E-state index contributed by atoms with van der Waals surface area (Å²) in [7, 11) is 1.81. The zero-order chi connectivity index (χ0) is 21.8. The average Bonchev–Trinajstić information content (AvgIpc) is 3.21. The zero-order valence-electron chi connectivity index (χ0n) is 16.8. The number of amides is 1. The predicted molar refractivity (Wildman–Crippen MR) is 113 cm³/mol. The number of pyridine rings is 1. The highest BCUT2D eigenvalue weighted by atomic mass is 19.2. The molecule has 1 N–H and O–H groups in total. The van der Waals surface area contributed by atoms with E-state index in [4.69, 9.17) is 4.74 Å². The van der Waals surface area contributed by atoms with E-state index in [-0.39, 0.29) is 18.9 Å². The molecule has 0 saturated heterocycles. The van der Waals surface area contributed by atoms with Crippen LogP contribution in [-0.2, 0) is 7.05 Å². The van der Waals surface area contributed by atoms with Crippen molar-refractivity contribution in [1.29, 1.82) is 0 Å². The highest BCUT2D eigenvalue weighted by Crippen LogP contribution is 2.29. The summed E-state index contributed by atoms with van der Waals surface area (Å²) in [5.41, 5.74) is 2.99. The number of benzene rings is 1. The van der Waals surface area contributed by atoms with Gasteiger partial charge in [0.1, 0.15) is 18.2 Å². The van der Waals surface area contributed by atoms with Crippen LogP contribution in [0.3, 0.4) is 0 Å². The Kier molecular flexibility index (Phi) is 5.88. The number of allylic oxidation sites excluding steroid dienone is 2. The van der Waals surface area contributed by atoms with Gasteiger partial charge in [-0.15, -0.1) is 0 Å². The van der Waals surface area contributed by atoms with Crippen molar-refractivity contribution in [2.75, 3.05) is 11.9 Å². The third-order valence-electron chi connectivity index (χ3n) is 4.79. The van der Waals surface area contributed by atoms with E-state index < -0.39 is 12.0 Å². The lowest BCUT2D eigenvalue weighted by molar-refractivity contribution is 0.102. The first kappa shape index (κ1) is 20.5. The van der Waals surface area contributed by atoms with Gasteiger partial charge in [-0.25, -0.2) is 8.78 Å². The van der Waals surface area contributed by atoms with Crippen LogP contribution >= 0.6 is 0 Å². The van der Waals surface area contributed by atoms with E-state index in [0.29, 0.717) is 22.6 Å². The lowest BCUT2D eigenvalue weighted by atomic mass is 10.0. The first-order valence-corrected chi connectivity index (χ1v) is 9.67. The Morgan fingerprint density at radius 1 is 1.29 bits per heavy atom. The Morgan fingerprint density at radius 3 is 2.87 bits per heavy atom. The van der Waals surface area contributed by atoms with Gasteiger partial charge in [-0.1, -0.05) is 12.1 Å². The summed E-state index contributed by atoms with van der Waals surface area (Å²) < 4.78 is 34.3. The SMILES string of the molecule is Cn1cc(-c2ccc(OCC3=CCC(F)C(F)=C3)c(C(=O)Nc3cccnc3)c2)cn1. The molecule has 1 unspecified atom stereocenters. The standard InChI is InChI=1S/C23H20F2N4O2/c1-29-13-17(11-27-29)16-5-7-22(31-14-15-4-6-20(24)21(25)9-15)19(10-16)23(30)28-18-3-2-8-26-12-18/h2-5,7-13,20H,6,14H2,1H3,(H,28,30). The summed E-state index contributed by atoms with van der Waals surface area (Å²) in [6, 6.07) is 8.65. The van der Waals surface area contributed by atoms with E-state index in [1.54, 1.807) is 47.4 Å². The van der Waals surface area contributed by atoms with Gasteiger partial charge in [0.05, 0.1) is 23.6 Å². The van der Waals surface area contributed by atoms with E-state index in [1.807, 2.05) is 19.3 Å². The second-order valence-electron chi connectivity index (χ2n) is 7.11. The Balaban J connectivity index is 1.61. The summed E-state index contributed by atoms with van der Waals surface area (Å²) in [6.07, 6.45) is 7.77. The van der Waals surface area contributed by atoms with Crippen LogP contribution in [0.25, 0.3) is 11.1 Å². The number of nitrogens with zero attached hydrogens (tertiary/aromatic N) is 3. The minimum Gasteiger partial charge on any atom is -0.488 e. The molecule has 3 aromatic rings. The molecule has 0 radical (unpaired) electrons. The van der Waals surface area contributed by atoms with Gasteiger partial charge in [0.25, 0.3) is 5.91 Å².